The second-order valence-corrected chi connectivity index (χ2v) is 9.76. The molecular formula is C24H30BrNO4. The van der Waals surface area contributed by atoms with E-state index < -0.39 is 11.9 Å². The van der Waals surface area contributed by atoms with Crippen molar-refractivity contribution >= 4 is 33.4 Å². The van der Waals surface area contributed by atoms with Gasteiger partial charge in [-0.05, 0) is 42.9 Å². The smallest absolute Gasteiger partial charge is 0.336 e. The molecule has 0 bridgehead atoms. The van der Waals surface area contributed by atoms with Crippen molar-refractivity contribution in [1.82, 2.24) is 0 Å². The normalized spacial score (nSPS) is 23.1. The average molecular weight is 476 g/mol. The first-order valence-corrected chi connectivity index (χ1v) is 11.3. The van der Waals surface area contributed by atoms with E-state index in [4.69, 9.17) is 14.5 Å². The standard InChI is InChI=1S/C24H30BrNO4/c1-5-10-29-11-12-30-23(28)20-15(2)26-18-13-24(3,4)14-19(27)22(18)21(20)16-6-8-17(25)9-7-16/h6-9,21-22H,5,10-14H2,1-4H3. The Morgan fingerprint density at radius 1 is 1.13 bits per heavy atom. The molecule has 1 saturated carbocycles. The summed E-state index contributed by atoms with van der Waals surface area (Å²) in [6.45, 7) is 9.24. The van der Waals surface area contributed by atoms with Crippen LogP contribution in [0.5, 0.6) is 0 Å². The summed E-state index contributed by atoms with van der Waals surface area (Å²) in [5, 5.41) is 0. The highest BCUT2D eigenvalue weighted by atomic mass is 79.9. The van der Waals surface area contributed by atoms with Crippen molar-refractivity contribution in [3.05, 3.63) is 45.6 Å². The summed E-state index contributed by atoms with van der Waals surface area (Å²) >= 11 is 3.47. The second-order valence-electron chi connectivity index (χ2n) is 8.84. The molecule has 1 aliphatic carbocycles. The molecule has 5 nitrogen and oxygen atoms in total. The van der Waals surface area contributed by atoms with E-state index in [1.165, 1.54) is 0 Å². The van der Waals surface area contributed by atoms with Crippen molar-refractivity contribution in [1.29, 1.82) is 0 Å². The van der Waals surface area contributed by atoms with Crippen LogP contribution in [-0.2, 0) is 19.1 Å². The van der Waals surface area contributed by atoms with Crippen LogP contribution in [-0.4, -0.2) is 37.3 Å². The van der Waals surface area contributed by atoms with Crippen molar-refractivity contribution in [2.45, 2.75) is 52.9 Å². The maximum absolute atomic E-state index is 13.2. The Bertz CT molecular complexity index is 870. The number of carbonyl (C=O) groups excluding carboxylic acids is 2. The van der Waals surface area contributed by atoms with Crippen molar-refractivity contribution < 1.29 is 19.1 Å². The minimum atomic E-state index is -0.416. The minimum Gasteiger partial charge on any atom is -0.460 e. The number of hydrogen-bond donors (Lipinski definition) is 0. The molecular weight excluding hydrogens is 446 g/mol. The third-order valence-electron chi connectivity index (χ3n) is 5.62. The molecule has 1 aromatic carbocycles. The van der Waals surface area contributed by atoms with Crippen LogP contribution >= 0.6 is 15.9 Å². The Hall–Kier alpha value is -1.79. The third-order valence-corrected chi connectivity index (χ3v) is 6.15. The summed E-state index contributed by atoms with van der Waals surface area (Å²) in [5.74, 6) is -1.07. The molecule has 0 radical (unpaired) electrons. The van der Waals surface area contributed by atoms with E-state index in [0.717, 1.165) is 28.6 Å². The fourth-order valence-electron chi connectivity index (χ4n) is 4.41. The molecule has 0 saturated heterocycles. The number of aliphatic imine (C=N–C) groups is 1. The van der Waals surface area contributed by atoms with Crippen LogP contribution in [0.3, 0.4) is 0 Å². The molecule has 1 aliphatic heterocycles. The zero-order valence-corrected chi connectivity index (χ0v) is 19.8. The lowest BCUT2D eigenvalue weighted by Crippen LogP contribution is -2.44. The first kappa shape index (κ1) is 22.9. The van der Waals surface area contributed by atoms with E-state index in [1.807, 2.05) is 38.1 Å². The number of rotatable bonds is 7. The largest absolute Gasteiger partial charge is 0.460 e. The number of allylic oxidation sites excluding steroid dienone is 1. The summed E-state index contributed by atoms with van der Waals surface area (Å²) < 4.78 is 11.9. The molecule has 1 fully saturated rings. The van der Waals surface area contributed by atoms with E-state index >= 15 is 0 Å². The summed E-state index contributed by atoms with van der Waals surface area (Å²) in [6.07, 6.45) is 2.15. The van der Waals surface area contributed by atoms with Gasteiger partial charge in [-0.3, -0.25) is 9.79 Å². The van der Waals surface area contributed by atoms with Gasteiger partial charge in [0.25, 0.3) is 0 Å². The number of nitrogens with zero attached hydrogens (tertiary/aromatic N) is 1. The Labute approximate surface area is 187 Å². The molecule has 2 atom stereocenters. The fourth-order valence-corrected chi connectivity index (χ4v) is 4.67. The predicted molar refractivity (Wildman–Crippen MR) is 121 cm³/mol. The maximum atomic E-state index is 13.2. The number of ketones is 1. The Morgan fingerprint density at radius 3 is 2.50 bits per heavy atom. The number of Topliss-reactive ketones (excluding diaryl/α,β-unsaturated/α-hetero) is 1. The number of esters is 1. The molecule has 0 spiro atoms. The Morgan fingerprint density at radius 2 is 1.83 bits per heavy atom. The van der Waals surface area contributed by atoms with Gasteiger partial charge in [0.1, 0.15) is 12.4 Å². The summed E-state index contributed by atoms with van der Waals surface area (Å²) in [7, 11) is 0. The first-order chi connectivity index (χ1) is 14.2. The number of benzene rings is 1. The lowest BCUT2D eigenvalue weighted by atomic mass is 9.63. The van der Waals surface area contributed by atoms with Gasteiger partial charge in [-0.1, -0.05) is 48.8 Å². The van der Waals surface area contributed by atoms with E-state index in [1.54, 1.807) is 0 Å². The SMILES string of the molecule is CCCOCCOC(=O)C1=C(C)N=C2CC(C)(C)CC(=O)C2C1c1ccc(Br)cc1. The number of ether oxygens (including phenoxy) is 2. The van der Waals surface area contributed by atoms with Gasteiger partial charge in [0.15, 0.2) is 0 Å². The molecule has 2 aliphatic rings. The zero-order chi connectivity index (χ0) is 21.9. The van der Waals surface area contributed by atoms with Crippen LogP contribution in [0, 0.1) is 11.3 Å². The molecule has 0 aromatic heterocycles. The predicted octanol–water partition coefficient (Wildman–Crippen LogP) is 5.24. The van der Waals surface area contributed by atoms with Gasteiger partial charge in [-0.15, -0.1) is 0 Å². The van der Waals surface area contributed by atoms with Crippen LogP contribution < -0.4 is 0 Å². The Kier molecular flexibility index (Phi) is 7.30. The van der Waals surface area contributed by atoms with Gasteiger partial charge in [-0.25, -0.2) is 4.79 Å². The average Bonchev–Trinajstić information content (AvgIpc) is 2.66. The molecule has 1 aromatic rings. The highest BCUT2D eigenvalue weighted by molar-refractivity contribution is 9.10. The Balaban J connectivity index is 1.96. The number of fused-ring (bicyclic) bond motifs is 1. The summed E-state index contributed by atoms with van der Waals surface area (Å²) in [5.41, 5.74) is 2.81. The maximum Gasteiger partial charge on any atom is 0.336 e. The van der Waals surface area contributed by atoms with Gasteiger partial charge in [-0.2, -0.15) is 0 Å². The van der Waals surface area contributed by atoms with Gasteiger partial charge < -0.3 is 9.47 Å². The van der Waals surface area contributed by atoms with E-state index in [2.05, 4.69) is 29.8 Å². The monoisotopic (exact) mass is 475 g/mol. The lowest BCUT2D eigenvalue weighted by molar-refractivity contribution is -0.141. The second kappa shape index (κ2) is 9.56. The van der Waals surface area contributed by atoms with Crippen LogP contribution in [0.2, 0.25) is 0 Å². The number of carbonyl (C=O) groups is 2. The quantitative estimate of drug-likeness (QED) is 0.399. The number of halogens is 1. The van der Waals surface area contributed by atoms with Gasteiger partial charge in [0.2, 0.25) is 0 Å². The van der Waals surface area contributed by atoms with E-state index in [0.29, 0.717) is 30.9 Å². The molecule has 2 unspecified atom stereocenters. The molecule has 162 valence electrons. The molecule has 6 heteroatoms. The summed E-state index contributed by atoms with van der Waals surface area (Å²) in [6, 6.07) is 7.81. The fraction of sp³-hybridized carbons (Fsp3) is 0.542. The topological polar surface area (TPSA) is 65.0 Å². The van der Waals surface area contributed by atoms with E-state index in [-0.39, 0.29) is 23.7 Å². The molecule has 1 heterocycles. The minimum absolute atomic E-state index is 0.119. The summed E-state index contributed by atoms with van der Waals surface area (Å²) in [4.78, 5) is 31.0. The van der Waals surface area contributed by atoms with Gasteiger partial charge in [0, 0.05) is 34.8 Å². The van der Waals surface area contributed by atoms with Crippen LogP contribution in [0.25, 0.3) is 0 Å². The zero-order valence-electron chi connectivity index (χ0n) is 18.2. The molecule has 3 rings (SSSR count). The van der Waals surface area contributed by atoms with E-state index in [9.17, 15) is 9.59 Å². The molecule has 0 amide bonds. The van der Waals surface area contributed by atoms with Crippen LogP contribution in [0.1, 0.15) is 58.4 Å². The first-order valence-electron chi connectivity index (χ1n) is 10.5. The third kappa shape index (κ3) is 5.09. The van der Waals surface area contributed by atoms with Crippen molar-refractivity contribution in [2.24, 2.45) is 16.3 Å². The highest BCUT2D eigenvalue weighted by Gasteiger charge is 2.47. The van der Waals surface area contributed by atoms with Crippen molar-refractivity contribution in [2.75, 3.05) is 19.8 Å². The van der Waals surface area contributed by atoms with Crippen molar-refractivity contribution in [3.63, 3.8) is 0 Å². The molecule has 0 N–H and O–H groups in total. The lowest BCUT2D eigenvalue weighted by Gasteiger charge is -2.41. The highest BCUT2D eigenvalue weighted by Crippen LogP contribution is 2.47. The molecule has 30 heavy (non-hydrogen) atoms. The van der Waals surface area contributed by atoms with Gasteiger partial charge >= 0.3 is 5.97 Å². The number of hydrogen-bond acceptors (Lipinski definition) is 5. The van der Waals surface area contributed by atoms with Gasteiger partial charge in [0.05, 0.1) is 18.1 Å². The van der Waals surface area contributed by atoms with Crippen molar-refractivity contribution in [3.8, 4) is 0 Å². The van der Waals surface area contributed by atoms with Crippen LogP contribution in [0.4, 0.5) is 0 Å². The van der Waals surface area contributed by atoms with Crippen LogP contribution in [0.15, 0.2) is 45.0 Å².